The minimum atomic E-state index is -1.37. The summed E-state index contributed by atoms with van der Waals surface area (Å²) in [4.78, 5) is 86.1. The van der Waals surface area contributed by atoms with Gasteiger partial charge in [0, 0.05) is 30.1 Å². The van der Waals surface area contributed by atoms with E-state index in [1.54, 1.807) is 0 Å². The van der Waals surface area contributed by atoms with E-state index >= 15 is 0 Å². The zero-order valence-corrected chi connectivity index (χ0v) is 28.8. The third-order valence-electron chi connectivity index (χ3n) is 7.34. The number of ether oxygens (including phenoxy) is 1. The number of thiazole rings is 1. The molecule has 4 rings (SSSR count). The monoisotopic (exact) mass is 715 g/mol. The summed E-state index contributed by atoms with van der Waals surface area (Å²) in [5, 5.41) is 22.4. The summed E-state index contributed by atoms with van der Waals surface area (Å²) < 4.78 is 4.94. The first kappa shape index (κ1) is 37.0. The molecular formula is C31H37N7O9S2. The SMILES string of the molecule is CO/N=C(\C(=O)N[C@@H]1C(=O)N2C(C(=O)O)=C(COC(C)=O)CS[C@H]12)c1csc(NC(=O)[C@H](Cc2ccccc2)NC(=O)[C@@H](N)CC(C)C)n1. The van der Waals surface area contributed by atoms with Gasteiger partial charge in [0.15, 0.2) is 10.8 Å². The number of hydrogen-bond donors (Lipinski definition) is 5. The molecule has 0 radical (unpaired) electrons. The Balaban J connectivity index is 1.46. The molecule has 1 saturated heterocycles. The lowest BCUT2D eigenvalue weighted by atomic mass is 10.0. The normalized spacial score (nSPS) is 18.5. The van der Waals surface area contributed by atoms with Crippen LogP contribution in [0.15, 0.2) is 52.1 Å². The van der Waals surface area contributed by atoms with Crippen molar-refractivity contribution in [2.75, 3.05) is 24.8 Å². The minimum absolute atomic E-state index is 0.0250. The number of esters is 1. The molecule has 49 heavy (non-hydrogen) atoms. The molecule has 3 heterocycles. The number of thioether (sulfide) groups is 1. The van der Waals surface area contributed by atoms with Crippen molar-refractivity contribution in [3.05, 3.63) is 58.2 Å². The number of aromatic nitrogens is 1. The number of carbonyl (C=O) groups is 6. The maximum Gasteiger partial charge on any atom is 0.352 e. The number of carboxylic acids is 1. The van der Waals surface area contributed by atoms with Crippen LogP contribution in [0, 0.1) is 5.92 Å². The minimum Gasteiger partial charge on any atom is -0.477 e. The first-order valence-electron chi connectivity index (χ1n) is 15.1. The Morgan fingerprint density at radius 2 is 1.88 bits per heavy atom. The van der Waals surface area contributed by atoms with Crippen molar-refractivity contribution in [1.82, 2.24) is 20.5 Å². The number of β-lactam (4-membered cyclic amide) rings is 1. The average Bonchev–Trinajstić information content (AvgIpc) is 3.51. The van der Waals surface area contributed by atoms with Gasteiger partial charge < -0.3 is 36.4 Å². The largest absolute Gasteiger partial charge is 0.477 e. The van der Waals surface area contributed by atoms with Gasteiger partial charge in [-0.1, -0.05) is 49.3 Å². The summed E-state index contributed by atoms with van der Waals surface area (Å²) in [5.41, 5.74) is 6.55. The summed E-state index contributed by atoms with van der Waals surface area (Å²) in [6.07, 6.45) is 0.614. The van der Waals surface area contributed by atoms with Crippen LogP contribution in [0.1, 0.15) is 38.4 Å². The number of aliphatic carboxylic acids is 1. The maximum atomic E-state index is 13.4. The molecule has 16 nitrogen and oxygen atoms in total. The predicted octanol–water partition coefficient (Wildman–Crippen LogP) is 0.835. The zero-order chi connectivity index (χ0) is 35.8. The van der Waals surface area contributed by atoms with Crippen LogP contribution in [-0.2, 0) is 44.8 Å². The molecule has 1 fully saturated rings. The fraction of sp³-hybridized carbons (Fsp3) is 0.419. The van der Waals surface area contributed by atoms with Gasteiger partial charge in [-0.2, -0.15) is 0 Å². The van der Waals surface area contributed by atoms with E-state index in [4.69, 9.17) is 15.3 Å². The van der Waals surface area contributed by atoms with Gasteiger partial charge in [-0.25, -0.2) is 9.78 Å². The molecule has 2 aromatic rings. The second-order valence-electron chi connectivity index (χ2n) is 11.5. The van der Waals surface area contributed by atoms with Gasteiger partial charge in [0.2, 0.25) is 11.8 Å². The lowest BCUT2D eigenvalue weighted by Crippen LogP contribution is -2.71. The van der Waals surface area contributed by atoms with E-state index in [-0.39, 0.29) is 52.5 Å². The Hall–Kier alpha value is -4.81. The van der Waals surface area contributed by atoms with Crippen molar-refractivity contribution in [3.63, 3.8) is 0 Å². The third kappa shape index (κ3) is 9.21. The molecule has 0 aliphatic carbocycles. The quantitative estimate of drug-likeness (QED) is 0.0747. The number of anilines is 1. The van der Waals surface area contributed by atoms with Gasteiger partial charge in [0.05, 0.1) is 6.04 Å². The number of amides is 4. The van der Waals surface area contributed by atoms with Gasteiger partial charge in [0.1, 0.15) is 42.6 Å². The first-order valence-corrected chi connectivity index (χ1v) is 17.1. The highest BCUT2D eigenvalue weighted by Crippen LogP contribution is 2.40. The van der Waals surface area contributed by atoms with Crippen LogP contribution in [-0.4, -0.2) is 99.2 Å². The molecule has 2 aliphatic heterocycles. The number of hydrogen-bond acceptors (Lipinski definition) is 13. The summed E-state index contributed by atoms with van der Waals surface area (Å²) in [5.74, 6) is -4.18. The summed E-state index contributed by atoms with van der Waals surface area (Å²) in [6, 6.07) is 6.23. The van der Waals surface area contributed by atoms with Crippen molar-refractivity contribution in [2.24, 2.45) is 16.8 Å². The number of carbonyl (C=O) groups excluding carboxylic acids is 5. The van der Waals surface area contributed by atoms with Crippen LogP contribution in [0.3, 0.4) is 0 Å². The molecule has 0 saturated carbocycles. The zero-order valence-electron chi connectivity index (χ0n) is 27.1. The van der Waals surface area contributed by atoms with E-state index in [1.165, 1.54) is 31.2 Å². The Bertz CT molecular complexity index is 1660. The number of fused-ring (bicyclic) bond motifs is 1. The summed E-state index contributed by atoms with van der Waals surface area (Å²) >= 11 is 2.19. The second-order valence-corrected chi connectivity index (χ2v) is 13.5. The Labute approximate surface area is 289 Å². The van der Waals surface area contributed by atoms with E-state index in [9.17, 15) is 33.9 Å². The molecule has 18 heteroatoms. The highest BCUT2D eigenvalue weighted by atomic mass is 32.2. The summed E-state index contributed by atoms with van der Waals surface area (Å²) in [6.45, 7) is 4.78. The van der Waals surface area contributed by atoms with Crippen LogP contribution in [0.2, 0.25) is 0 Å². The molecule has 6 N–H and O–H groups in total. The van der Waals surface area contributed by atoms with Crippen molar-refractivity contribution < 1.29 is 43.4 Å². The number of rotatable bonds is 15. The van der Waals surface area contributed by atoms with Crippen molar-refractivity contribution in [2.45, 2.75) is 57.1 Å². The van der Waals surface area contributed by atoms with Crippen LogP contribution in [0.4, 0.5) is 5.13 Å². The Morgan fingerprint density at radius 3 is 2.51 bits per heavy atom. The van der Waals surface area contributed by atoms with E-state index in [1.807, 2.05) is 44.2 Å². The molecule has 0 bridgehead atoms. The van der Waals surface area contributed by atoms with E-state index in [2.05, 4.69) is 26.1 Å². The number of nitrogens with two attached hydrogens (primary N) is 1. The fourth-order valence-corrected chi connectivity index (χ4v) is 7.10. The molecule has 0 unspecified atom stereocenters. The molecule has 0 spiro atoms. The first-order chi connectivity index (χ1) is 23.3. The topological polar surface area (TPSA) is 232 Å². The Morgan fingerprint density at radius 1 is 1.16 bits per heavy atom. The lowest BCUT2D eigenvalue weighted by Gasteiger charge is -2.49. The van der Waals surface area contributed by atoms with E-state index in [0.717, 1.165) is 21.8 Å². The van der Waals surface area contributed by atoms with E-state index in [0.29, 0.717) is 6.42 Å². The van der Waals surface area contributed by atoms with E-state index < -0.39 is 59.1 Å². The smallest absolute Gasteiger partial charge is 0.352 e. The summed E-state index contributed by atoms with van der Waals surface area (Å²) in [7, 11) is 1.21. The molecule has 1 aromatic heterocycles. The van der Waals surface area contributed by atoms with Gasteiger partial charge in [-0.3, -0.25) is 28.9 Å². The number of oxime groups is 1. The average molecular weight is 716 g/mol. The number of nitrogens with zero attached hydrogens (tertiary/aromatic N) is 3. The molecule has 2 aliphatic rings. The highest BCUT2D eigenvalue weighted by molar-refractivity contribution is 8.00. The fourth-order valence-electron chi connectivity index (χ4n) is 5.07. The van der Waals surface area contributed by atoms with Gasteiger partial charge in [0.25, 0.3) is 11.8 Å². The molecular weight excluding hydrogens is 679 g/mol. The molecule has 4 atom stereocenters. The Kier molecular flexibility index (Phi) is 12.5. The van der Waals surface area contributed by atoms with Crippen LogP contribution >= 0.6 is 23.1 Å². The van der Waals surface area contributed by atoms with Gasteiger partial charge >= 0.3 is 11.9 Å². The number of nitrogens with one attached hydrogen (secondary N) is 3. The number of benzene rings is 1. The second kappa shape index (κ2) is 16.5. The van der Waals surface area contributed by atoms with Crippen LogP contribution in [0.5, 0.6) is 0 Å². The van der Waals surface area contributed by atoms with Crippen molar-refractivity contribution in [1.29, 1.82) is 0 Å². The third-order valence-corrected chi connectivity index (χ3v) is 9.44. The van der Waals surface area contributed by atoms with Crippen LogP contribution in [0.25, 0.3) is 0 Å². The van der Waals surface area contributed by atoms with Gasteiger partial charge in [-0.15, -0.1) is 23.1 Å². The maximum absolute atomic E-state index is 13.4. The van der Waals surface area contributed by atoms with Crippen LogP contribution < -0.4 is 21.7 Å². The van der Waals surface area contributed by atoms with Gasteiger partial charge in [-0.05, 0) is 17.9 Å². The predicted molar refractivity (Wildman–Crippen MR) is 180 cm³/mol. The molecule has 1 aromatic carbocycles. The molecule has 4 amide bonds. The highest BCUT2D eigenvalue weighted by Gasteiger charge is 2.54. The van der Waals surface area contributed by atoms with Crippen molar-refractivity contribution >= 4 is 69.5 Å². The molecule has 262 valence electrons. The lowest BCUT2D eigenvalue weighted by molar-refractivity contribution is -0.150. The number of carboxylic acid groups (broad SMARTS) is 1. The van der Waals surface area contributed by atoms with Crippen molar-refractivity contribution in [3.8, 4) is 0 Å². The standard InChI is InChI=1S/C31H37N7O9S2/c1-15(2)10-19(32)25(40)33-20(11-17-8-6-5-7-9-17)26(41)36-31-34-21(14-49-31)22(37-46-4)27(42)35-23-28(43)38-24(30(44)45)18(12-47-16(3)39)13-48-29(23)38/h5-9,14-15,19-20,23,29H,10-13,32H2,1-4H3,(H,33,40)(H,35,42)(H,44,45)(H,34,36,41)/b37-22-/t19-,20-,23+,29+/m0/s1.